The van der Waals surface area contributed by atoms with Crippen LogP contribution in [0.25, 0.3) is 0 Å². The fraction of sp³-hybridized carbons (Fsp3) is 0.571. The van der Waals surface area contributed by atoms with Crippen molar-refractivity contribution in [2.45, 2.75) is 45.4 Å². The molecule has 0 radical (unpaired) electrons. The summed E-state index contributed by atoms with van der Waals surface area (Å²) in [6.45, 7) is 2.65. The number of alkyl halides is 3. The Bertz CT molecular complexity index is 364. The Labute approximate surface area is 111 Å². The Morgan fingerprint density at radius 3 is 2.37 bits per heavy atom. The van der Waals surface area contributed by atoms with Crippen molar-refractivity contribution in [1.82, 2.24) is 0 Å². The highest BCUT2D eigenvalue weighted by Gasteiger charge is 2.31. The first-order chi connectivity index (χ1) is 9.01. The van der Waals surface area contributed by atoms with Crippen LogP contribution in [-0.4, -0.2) is 13.0 Å². The molecular weight excluding hydrogens is 257 g/mol. The van der Waals surface area contributed by atoms with Crippen molar-refractivity contribution in [1.29, 1.82) is 0 Å². The van der Waals surface area contributed by atoms with Crippen LogP contribution in [-0.2, 0) is 0 Å². The molecule has 2 nitrogen and oxygen atoms in total. The molecule has 19 heavy (non-hydrogen) atoms. The minimum atomic E-state index is -4.67. The number of hydrogen-bond acceptors (Lipinski definition) is 2. The van der Waals surface area contributed by atoms with Crippen molar-refractivity contribution in [2.24, 2.45) is 0 Å². The van der Waals surface area contributed by atoms with E-state index in [9.17, 15) is 13.2 Å². The summed E-state index contributed by atoms with van der Waals surface area (Å²) in [4.78, 5) is 0. The summed E-state index contributed by atoms with van der Waals surface area (Å²) in [5.41, 5.74) is 0. The van der Waals surface area contributed by atoms with Gasteiger partial charge in [0, 0.05) is 6.07 Å². The van der Waals surface area contributed by atoms with E-state index in [0.717, 1.165) is 19.3 Å². The first-order valence-electron chi connectivity index (χ1n) is 6.50. The van der Waals surface area contributed by atoms with Crippen LogP contribution in [0.15, 0.2) is 24.3 Å². The average molecular weight is 276 g/mol. The normalized spacial score (nSPS) is 11.4. The lowest BCUT2D eigenvalue weighted by Crippen LogP contribution is -2.17. The second-order valence-corrected chi connectivity index (χ2v) is 4.29. The number of hydrogen-bond donors (Lipinski definition) is 0. The molecule has 5 heteroatoms. The van der Waals surface area contributed by atoms with E-state index in [2.05, 4.69) is 11.7 Å². The van der Waals surface area contributed by atoms with Crippen LogP contribution in [0.1, 0.15) is 39.0 Å². The maximum atomic E-state index is 12.0. The molecule has 1 rings (SSSR count). The summed E-state index contributed by atoms with van der Waals surface area (Å²) in [5, 5.41) is 0. The lowest BCUT2D eigenvalue weighted by atomic mass is 10.2. The third-order valence-electron chi connectivity index (χ3n) is 2.56. The molecule has 108 valence electrons. The van der Waals surface area contributed by atoms with Crippen LogP contribution < -0.4 is 9.47 Å². The number of unbranched alkanes of at least 4 members (excludes halogenated alkanes) is 4. The zero-order chi connectivity index (χ0) is 14.1. The maximum Gasteiger partial charge on any atom is 0.573 e. The Kier molecular flexibility index (Phi) is 6.53. The largest absolute Gasteiger partial charge is 0.573 e. The van der Waals surface area contributed by atoms with E-state index in [1.165, 1.54) is 31.0 Å². The Morgan fingerprint density at radius 2 is 1.68 bits per heavy atom. The van der Waals surface area contributed by atoms with Crippen LogP contribution in [0, 0.1) is 0 Å². The summed E-state index contributed by atoms with van der Waals surface area (Å²) in [6, 6.07) is 5.60. The van der Waals surface area contributed by atoms with Gasteiger partial charge in [0.05, 0.1) is 6.61 Å². The molecule has 0 aliphatic carbocycles. The molecule has 0 saturated carbocycles. The van der Waals surface area contributed by atoms with Crippen molar-refractivity contribution in [3.63, 3.8) is 0 Å². The maximum absolute atomic E-state index is 12.0. The second kappa shape index (κ2) is 7.92. The van der Waals surface area contributed by atoms with Crippen LogP contribution in [0.4, 0.5) is 13.2 Å². The molecule has 0 heterocycles. The van der Waals surface area contributed by atoms with Crippen molar-refractivity contribution in [3.8, 4) is 11.5 Å². The van der Waals surface area contributed by atoms with Gasteiger partial charge in [-0.2, -0.15) is 0 Å². The number of halogens is 3. The molecule has 1 aromatic rings. The molecular formula is C14H19F3O2. The number of rotatable bonds is 8. The van der Waals surface area contributed by atoms with Crippen molar-refractivity contribution >= 4 is 0 Å². The van der Waals surface area contributed by atoms with Crippen LogP contribution in [0.2, 0.25) is 0 Å². The summed E-state index contributed by atoms with van der Waals surface area (Å²) in [6.07, 6.45) is 0.861. The van der Waals surface area contributed by atoms with Gasteiger partial charge in [0.25, 0.3) is 0 Å². The lowest BCUT2D eigenvalue weighted by Gasteiger charge is -2.10. The molecule has 0 atom stereocenters. The standard InChI is InChI=1S/C14H19F3O2/c1-2-3-4-5-6-10-18-12-8-7-9-13(11-12)19-14(15,16)17/h7-9,11H,2-6,10H2,1H3. The Morgan fingerprint density at radius 1 is 1.00 bits per heavy atom. The third-order valence-corrected chi connectivity index (χ3v) is 2.56. The molecule has 1 aromatic carbocycles. The van der Waals surface area contributed by atoms with E-state index in [0.29, 0.717) is 12.4 Å². The van der Waals surface area contributed by atoms with Crippen molar-refractivity contribution < 1.29 is 22.6 Å². The van der Waals surface area contributed by atoms with E-state index in [1.807, 2.05) is 0 Å². The van der Waals surface area contributed by atoms with E-state index in [1.54, 1.807) is 6.07 Å². The van der Waals surface area contributed by atoms with Gasteiger partial charge in [-0.15, -0.1) is 13.2 Å². The second-order valence-electron chi connectivity index (χ2n) is 4.29. The van der Waals surface area contributed by atoms with Gasteiger partial charge in [-0.05, 0) is 18.6 Å². The van der Waals surface area contributed by atoms with E-state index < -0.39 is 6.36 Å². The minimum Gasteiger partial charge on any atom is -0.493 e. The van der Waals surface area contributed by atoms with E-state index in [4.69, 9.17) is 4.74 Å². The van der Waals surface area contributed by atoms with Crippen molar-refractivity contribution in [2.75, 3.05) is 6.61 Å². The summed E-state index contributed by atoms with van der Waals surface area (Å²) in [7, 11) is 0. The highest BCUT2D eigenvalue weighted by Crippen LogP contribution is 2.26. The van der Waals surface area contributed by atoms with Crippen LogP contribution >= 0.6 is 0 Å². The minimum absolute atomic E-state index is 0.254. The molecule has 0 saturated heterocycles. The zero-order valence-electron chi connectivity index (χ0n) is 11.0. The molecule has 0 fully saturated rings. The fourth-order valence-corrected chi connectivity index (χ4v) is 1.66. The molecule has 0 aliphatic rings. The average Bonchev–Trinajstić information content (AvgIpc) is 2.32. The Balaban J connectivity index is 2.32. The molecule has 0 aromatic heterocycles. The van der Waals surface area contributed by atoms with Crippen molar-refractivity contribution in [3.05, 3.63) is 24.3 Å². The lowest BCUT2D eigenvalue weighted by molar-refractivity contribution is -0.274. The molecule has 0 spiro atoms. The first-order valence-corrected chi connectivity index (χ1v) is 6.50. The third kappa shape index (κ3) is 7.59. The van der Waals surface area contributed by atoms with Crippen LogP contribution in [0.3, 0.4) is 0 Å². The highest BCUT2D eigenvalue weighted by molar-refractivity contribution is 5.33. The first kappa shape index (κ1) is 15.7. The molecule has 0 aliphatic heterocycles. The van der Waals surface area contributed by atoms with Gasteiger partial charge in [0.1, 0.15) is 11.5 Å². The van der Waals surface area contributed by atoms with Gasteiger partial charge in [-0.3, -0.25) is 0 Å². The topological polar surface area (TPSA) is 18.5 Å². The Hall–Kier alpha value is -1.39. The van der Waals surface area contributed by atoms with Gasteiger partial charge in [0.2, 0.25) is 0 Å². The zero-order valence-corrected chi connectivity index (χ0v) is 11.0. The predicted octanol–water partition coefficient (Wildman–Crippen LogP) is 4.93. The van der Waals surface area contributed by atoms with Gasteiger partial charge < -0.3 is 9.47 Å². The monoisotopic (exact) mass is 276 g/mol. The van der Waals surface area contributed by atoms with Gasteiger partial charge in [-0.1, -0.05) is 38.7 Å². The SMILES string of the molecule is CCCCCCCOc1cccc(OC(F)(F)F)c1. The number of ether oxygens (including phenoxy) is 2. The smallest absolute Gasteiger partial charge is 0.493 e. The van der Waals surface area contributed by atoms with Gasteiger partial charge >= 0.3 is 6.36 Å². The number of benzene rings is 1. The highest BCUT2D eigenvalue weighted by atomic mass is 19.4. The summed E-state index contributed by atoms with van der Waals surface area (Å²) < 4.78 is 45.3. The fourth-order valence-electron chi connectivity index (χ4n) is 1.66. The van der Waals surface area contributed by atoms with Gasteiger partial charge in [0.15, 0.2) is 0 Å². The van der Waals surface area contributed by atoms with E-state index in [-0.39, 0.29) is 5.75 Å². The summed E-state index contributed by atoms with van der Waals surface area (Å²) in [5.74, 6) is 0.147. The van der Waals surface area contributed by atoms with E-state index >= 15 is 0 Å². The quantitative estimate of drug-likeness (QED) is 0.626. The molecule has 0 amide bonds. The van der Waals surface area contributed by atoms with Crippen LogP contribution in [0.5, 0.6) is 11.5 Å². The van der Waals surface area contributed by atoms with Gasteiger partial charge in [-0.25, -0.2) is 0 Å². The predicted molar refractivity (Wildman–Crippen MR) is 67.4 cm³/mol. The summed E-state index contributed by atoms with van der Waals surface area (Å²) >= 11 is 0. The molecule has 0 unspecified atom stereocenters. The molecule has 0 N–H and O–H groups in total. The molecule has 0 bridgehead atoms.